The number of halogens is 1. The molecule has 1 aromatic carbocycles. The molecule has 0 atom stereocenters. The molecule has 0 unspecified atom stereocenters. The van der Waals surface area contributed by atoms with E-state index in [0.29, 0.717) is 12.5 Å². The lowest BCUT2D eigenvalue weighted by Gasteiger charge is -2.38. The van der Waals surface area contributed by atoms with Crippen LogP contribution < -0.4 is 10.6 Å². The zero-order valence-electron chi connectivity index (χ0n) is 15.9. The van der Waals surface area contributed by atoms with E-state index in [1.54, 1.807) is 11.3 Å². The number of piperazine rings is 1. The number of thiazole rings is 1. The summed E-state index contributed by atoms with van der Waals surface area (Å²) in [5.74, 6) is 0.622. The summed E-state index contributed by atoms with van der Waals surface area (Å²) in [6, 6.07) is 8.09. The fourth-order valence-corrected chi connectivity index (χ4v) is 5.03. The first-order valence-electron chi connectivity index (χ1n) is 9.70. The van der Waals surface area contributed by atoms with Crippen molar-refractivity contribution in [2.24, 2.45) is 10.7 Å². The van der Waals surface area contributed by atoms with E-state index in [0.717, 1.165) is 68.0 Å². The third-order valence-electron chi connectivity index (χ3n) is 5.73. The van der Waals surface area contributed by atoms with E-state index in [1.807, 2.05) is 29.8 Å². The molecule has 6 nitrogen and oxygen atoms in total. The summed E-state index contributed by atoms with van der Waals surface area (Å²) < 4.78 is 5.61. The predicted molar refractivity (Wildman–Crippen MR) is 116 cm³/mol. The monoisotopic (exact) mass is 419 g/mol. The van der Waals surface area contributed by atoms with Crippen LogP contribution in [0.25, 0.3) is 0 Å². The van der Waals surface area contributed by atoms with Gasteiger partial charge in [-0.15, -0.1) is 11.3 Å². The third kappa shape index (κ3) is 4.11. The van der Waals surface area contributed by atoms with Gasteiger partial charge in [0.15, 0.2) is 11.1 Å². The van der Waals surface area contributed by atoms with Crippen molar-refractivity contribution in [2.45, 2.75) is 18.3 Å². The molecule has 2 aliphatic heterocycles. The maximum atomic E-state index is 6.53. The minimum Gasteiger partial charge on any atom is -0.381 e. The second-order valence-corrected chi connectivity index (χ2v) is 8.62. The van der Waals surface area contributed by atoms with Crippen molar-refractivity contribution in [2.75, 3.05) is 50.8 Å². The van der Waals surface area contributed by atoms with Gasteiger partial charge >= 0.3 is 0 Å². The standard InChI is InChI=1S/C20H26ClN5OS/c21-17-4-2-1-3-16(17)20(5-12-27-13-6-20)15-24-18(22)25-8-10-26(11-9-25)19-23-7-14-28-19/h1-4,7,14H,5-6,8-13,15H2,(H2,22,24). The van der Waals surface area contributed by atoms with Gasteiger partial charge in [-0.05, 0) is 24.5 Å². The van der Waals surface area contributed by atoms with Gasteiger partial charge in [0.2, 0.25) is 0 Å². The first kappa shape index (κ1) is 19.5. The number of hydrogen-bond acceptors (Lipinski definition) is 5. The third-order valence-corrected chi connectivity index (χ3v) is 6.89. The van der Waals surface area contributed by atoms with Crippen LogP contribution in [0, 0.1) is 0 Å². The van der Waals surface area contributed by atoms with Crippen LogP contribution in [0.1, 0.15) is 18.4 Å². The molecule has 28 heavy (non-hydrogen) atoms. The lowest BCUT2D eigenvalue weighted by molar-refractivity contribution is 0.0530. The van der Waals surface area contributed by atoms with Crippen molar-refractivity contribution in [3.05, 3.63) is 46.4 Å². The number of aromatic nitrogens is 1. The van der Waals surface area contributed by atoms with Crippen molar-refractivity contribution in [3.63, 3.8) is 0 Å². The molecule has 2 aliphatic rings. The molecule has 2 saturated heterocycles. The van der Waals surface area contributed by atoms with E-state index in [4.69, 9.17) is 27.1 Å². The fourth-order valence-electron chi connectivity index (χ4n) is 4.00. The van der Waals surface area contributed by atoms with Crippen LogP contribution >= 0.6 is 22.9 Å². The zero-order valence-corrected chi connectivity index (χ0v) is 17.5. The Morgan fingerprint density at radius 1 is 1.21 bits per heavy atom. The summed E-state index contributed by atoms with van der Waals surface area (Å²) in [5, 5.41) is 3.89. The number of benzene rings is 1. The molecule has 8 heteroatoms. The number of nitrogens with two attached hydrogens (primary N) is 1. The van der Waals surface area contributed by atoms with Crippen molar-refractivity contribution >= 4 is 34.0 Å². The van der Waals surface area contributed by atoms with Gasteiger partial charge in [0.25, 0.3) is 0 Å². The summed E-state index contributed by atoms with van der Waals surface area (Å²) >= 11 is 8.21. The van der Waals surface area contributed by atoms with Crippen LogP contribution in [0.15, 0.2) is 40.8 Å². The highest BCUT2D eigenvalue weighted by molar-refractivity contribution is 7.13. The summed E-state index contributed by atoms with van der Waals surface area (Å²) in [4.78, 5) is 13.7. The van der Waals surface area contributed by atoms with Crippen molar-refractivity contribution in [1.29, 1.82) is 0 Å². The number of nitrogens with zero attached hydrogens (tertiary/aromatic N) is 4. The van der Waals surface area contributed by atoms with Crippen LogP contribution in [0.4, 0.5) is 5.13 Å². The zero-order chi connectivity index (χ0) is 19.4. The summed E-state index contributed by atoms with van der Waals surface area (Å²) in [5.41, 5.74) is 7.44. The average molecular weight is 420 g/mol. The smallest absolute Gasteiger partial charge is 0.191 e. The molecular formula is C20H26ClN5OS. The van der Waals surface area contributed by atoms with Gasteiger partial charge in [-0.1, -0.05) is 29.8 Å². The number of rotatable bonds is 4. The molecular weight excluding hydrogens is 394 g/mol. The van der Waals surface area contributed by atoms with Crippen LogP contribution in [0.5, 0.6) is 0 Å². The first-order chi connectivity index (χ1) is 13.7. The molecule has 2 N–H and O–H groups in total. The molecule has 2 aromatic rings. The summed E-state index contributed by atoms with van der Waals surface area (Å²) in [6.45, 7) is 5.63. The van der Waals surface area contributed by atoms with E-state index in [-0.39, 0.29) is 5.41 Å². The average Bonchev–Trinajstić information content (AvgIpc) is 3.28. The highest BCUT2D eigenvalue weighted by Gasteiger charge is 2.36. The molecule has 0 spiro atoms. The van der Waals surface area contributed by atoms with Gasteiger partial charge in [-0.3, -0.25) is 4.99 Å². The van der Waals surface area contributed by atoms with Crippen LogP contribution in [-0.2, 0) is 10.2 Å². The molecule has 0 amide bonds. The Labute approximate surface area is 175 Å². The molecule has 4 rings (SSSR count). The van der Waals surface area contributed by atoms with Crippen LogP contribution in [-0.4, -0.2) is 61.8 Å². The number of ether oxygens (including phenoxy) is 1. The van der Waals surface area contributed by atoms with E-state index < -0.39 is 0 Å². The van der Waals surface area contributed by atoms with E-state index in [1.165, 1.54) is 0 Å². The Morgan fingerprint density at radius 3 is 2.64 bits per heavy atom. The number of aliphatic imine (C=N–C) groups is 1. The van der Waals surface area contributed by atoms with Gasteiger partial charge < -0.3 is 20.3 Å². The van der Waals surface area contributed by atoms with E-state index >= 15 is 0 Å². The number of anilines is 1. The van der Waals surface area contributed by atoms with E-state index in [9.17, 15) is 0 Å². The highest BCUT2D eigenvalue weighted by Crippen LogP contribution is 2.39. The Bertz CT molecular complexity index is 799. The largest absolute Gasteiger partial charge is 0.381 e. The Balaban J connectivity index is 1.44. The Kier molecular flexibility index (Phi) is 6.04. The predicted octanol–water partition coefficient (Wildman–Crippen LogP) is 2.98. The van der Waals surface area contributed by atoms with Crippen molar-refractivity contribution in [3.8, 4) is 0 Å². The minimum absolute atomic E-state index is 0.107. The lowest BCUT2D eigenvalue weighted by atomic mass is 9.74. The molecule has 0 saturated carbocycles. The van der Waals surface area contributed by atoms with Crippen LogP contribution in [0.3, 0.4) is 0 Å². The van der Waals surface area contributed by atoms with Gasteiger partial charge in [-0.2, -0.15) is 0 Å². The molecule has 0 bridgehead atoms. The summed E-state index contributed by atoms with van der Waals surface area (Å²) in [7, 11) is 0. The molecule has 1 aromatic heterocycles. The molecule has 2 fully saturated rings. The van der Waals surface area contributed by atoms with Gasteiger partial charge in [-0.25, -0.2) is 4.98 Å². The van der Waals surface area contributed by atoms with Gasteiger partial charge in [0, 0.05) is 61.4 Å². The van der Waals surface area contributed by atoms with Crippen LogP contribution in [0.2, 0.25) is 5.02 Å². The fraction of sp³-hybridized carbons (Fsp3) is 0.500. The topological polar surface area (TPSA) is 67.0 Å². The normalized spacial score (nSPS) is 20.4. The second kappa shape index (κ2) is 8.68. The summed E-state index contributed by atoms with van der Waals surface area (Å²) in [6.07, 6.45) is 3.67. The molecule has 0 aliphatic carbocycles. The Hall–Kier alpha value is -1.83. The second-order valence-electron chi connectivity index (χ2n) is 7.34. The maximum absolute atomic E-state index is 6.53. The van der Waals surface area contributed by atoms with Gasteiger partial charge in [0.1, 0.15) is 0 Å². The number of guanidine groups is 1. The Morgan fingerprint density at radius 2 is 1.96 bits per heavy atom. The SMILES string of the molecule is NC(=NCC1(c2ccccc2Cl)CCOCC1)N1CCN(c2nccs2)CC1. The van der Waals surface area contributed by atoms with Gasteiger partial charge in [0.05, 0.1) is 6.54 Å². The molecule has 3 heterocycles. The maximum Gasteiger partial charge on any atom is 0.191 e. The first-order valence-corrected chi connectivity index (χ1v) is 11.0. The minimum atomic E-state index is -0.107. The van der Waals surface area contributed by atoms with E-state index in [2.05, 4.69) is 20.9 Å². The van der Waals surface area contributed by atoms with Crippen molar-refractivity contribution in [1.82, 2.24) is 9.88 Å². The number of hydrogen-bond donors (Lipinski definition) is 1. The van der Waals surface area contributed by atoms with Crippen molar-refractivity contribution < 1.29 is 4.74 Å². The highest BCUT2D eigenvalue weighted by atomic mass is 35.5. The quantitative estimate of drug-likeness (QED) is 0.609. The lowest BCUT2D eigenvalue weighted by Crippen LogP contribution is -2.51. The molecule has 0 radical (unpaired) electrons. The molecule has 150 valence electrons.